The number of halogens is 1. The van der Waals surface area contributed by atoms with Gasteiger partial charge in [-0.1, -0.05) is 23.7 Å². The summed E-state index contributed by atoms with van der Waals surface area (Å²) in [5, 5.41) is 6.25. The molecule has 0 atom stereocenters. The average molecular weight is 312 g/mol. The molecule has 4 N–H and O–H groups in total. The Morgan fingerprint density at radius 1 is 1.00 bits per heavy atom. The number of carbonyl (C=O) groups is 2. The van der Waals surface area contributed by atoms with Crippen LogP contribution in [-0.2, 0) is 4.79 Å². The van der Waals surface area contributed by atoms with Gasteiger partial charge >= 0.3 is 0 Å². The van der Waals surface area contributed by atoms with Crippen LogP contribution in [0.1, 0.15) is 15.9 Å². The lowest BCUT2D eigenvalue weighted by molar-refractivity contribution is -0.110. The molecule has 1 amide bonds. The van der Waals surface area contributed by atoms with Crippen LogP contribution < -0.4 is 16.4 Å². The molecule has 2 aliphatic heterocycles. The van der Waals surface area contributed by atoms with E-state index in [0.29, 0.717) is 38.8 Å². The van der Waals surface area contributed by atoms with Crippen molar-refractivity contribution in [2.24, 2.45) is 0 Å². The molecule has 2 heterocycles. The number of hydrogen-bond acceptors (Lipinski definition) is 4. The highest BCUT2D eigenvalue weighted by Gasteiger charge is 2.35. The summed E-state index contributed by atoms with van der Waals surface area (Å²) in [6.45, 7) is 0. The van der Waals surface area contributed by atoms with Gasteiger partial charge in [-0.15, -0.1) is 0 Å². The van der Waals surface area contributed by atoms with Crippen molar-refractivity contribution >= 4 is 45.9 Å². The summed E-state index contributed by atoms with van der Waals surface area (Å²) in [6.07, 6.45) is 0. The number of anilines is 3. The van der Waals surface area contributed by atoms with Crippen molar-refractivity contribution in [2.45, 2.75) is 0 Å². The van der Waals surface area contributed by atoms with Crippen LogP contribution in [0.3, 0.4) is 0 Å². The number of nitrogens with two attached hydrogens (primary N) is 1. The maximum absolute atomic E-state index is 12.6. The van der Waals surface area contributed by atoms with Gasteiger partial charge < -0.3 is 16.4 Å². The largest absolute Gasteiger partial charge is 0.398 e. The molecule has 0 saturated heterocycles. The zero-order chi connectivity index (χ0) is 15.4. The first-order valence-corrected chi connectivity index (χ1v) is 7.00. The Balaban J connectivity index is 1.93. The first-order chi connectivity index (χ1) is 10.6. The third-order valence-electron chi connectivity index (χ3n) is 3.79. The highest BCUT2D eigenvalue weighted by molar-refractivity contribution is 6.40. The molecule has 0 aromatic heterocycles. The van der Waals surface area contributed by atoms with E-state index in [1.165, 1.54) is 0 Å². The fourth-order valence-electron chi connectivity index (χ4n) is 2.81. The lowest BCUT2D eigenvalue weighted by Gasteiger charge is -2.03. The second kappa shape index (κ2) is 4.35. The van der Waals surface area contributed by atoms with E-state index in [2.05, 4.69) is 10.6 Å². The molecule has 2 aromatic rings. The number of hydrogen-bond donors (Lipinski definition) is 3. The number of carbonyl (C=O) groups excluding carboxylic acids is 2. The van der Waals surface area contributed by atoms with Gasteiger partial charge in [0.2, 0.25) is 5.78 Å². The van der Waals surface area contributed by atoms with Gasteiger partial charge in [0, 0.05) is 16.3 Å². The van der Waals surface area contributed by atoms with Crippen molar-refractivity contribution in [1.82, 2.24) is 0 Å². The predicted octanol–water partition coefficient (Wildman–Crippen LogP) is 2.89. The van der Waals surface area contributed by atoms with Gasteiger partial charge in [0.05, 0.1) is 22.5 Å². The lowest BCUT2D eigenvalue weighted by Crippen LogP contribution is -2.12. The number of benzene rings is 2. The summed E-state index contributed by atoms with van der Waals surface area (Å²) in [6, 6.07) is 10.2. The van der Waals surface area contributed by atoms with E-state index < -0.39 is 0 Å². The molecule has 2 aromatic carbocycles. The third kappa shape index (κ3) is 1.66. The predicted molar refractivity (Wildman–Crippen MR) is 85.8 cm³/mol. The molecule has 0 bridgehead atoms. The van der Waals surface area contributed by atoms with E-state index in [9.17, 15) is 9.59 Å². The smallest absolute Gasteiger partial charge is 0.258 e. The number of ketones is 1. The monoisotopic (exact) mass is 311 g/mol. The summed E-state index contributed by atoms with van der Waals surface area (Å²) >= 11 is 5.93. The number of fused-ring (bicyclic) bond motifs is 2. The van der Waals surface area contributed by atoms with E-state index >= 15 is 0 Å². The number of rotatable bonds is 0. The minimum absolute atomic E-state index is 0.242. The minimum atomic E-state index is -0.334. The molecule has 0 spiro atoms. The van der Waals surface area contributed by atoms with Crippen LogP contribution in [0.4, 0.5) is 17.1 Å². The number of Topliss-reactive ketones (excluding diaryl/α,β-unsaturated/α-hetero) is 1. The van der Waals surface area contributed by atoms with Crippen molar-refractivity contribution in [2.75, 3.05) is 16.4 Å². The van der Waals surface area contributed by atoms with Crippen LogP contribution in [0.15, 0.2) is 42.1 Å². The topological polar surface area (TPSA) is 84.2 Å². The van der Waals surface area contributed by atoms with Crippen molar-refractivity contribution in [3.8, 4) is 0 Å². The molecular formula is C16H10ClN3O2. The molecule has 108 valence electrons. The fraction of sp³-hybridized carbons (Fsp3) is 0. The Bertz CT molecular complexity index is 902. The molecular weight excluding hydrogens is 302 g/mol. The van der Waals surface area contributed by atoms with Crippen LogP contribution in [0.2, 0.25) is 5.02 Å². The molecule has 0 aliphatic carbocycles. The van der Waals surface area contributed by atoms with E-state index in [1.807, 2.05) is 0 Å². The van der Waals surface area contributed by atoms with Crippen molar-refractivity contribution in [1.29, 1.82) is 0 Å². The van der Waals surface area contributed by atoms with E-state index in [0.717, 1.165) is 0 Å². The molecule has 0 saturated carbocycles. The van der Waals surface area contributed by atoms with Crippen molar-refractivity contribution < 1.29 is 9.59 Å². The molecule has 5 nitrogen and oxygen atoms in total. The molecule has 0 unspecified atom stereocenters. The van der Waals surface area contributed by atoms with Crippen LogP contribution in [0.5, 0.6) is 0 Å². The molecule has 22 heavy (non-hydrogen) atoms. The maximum Gasteiger partial charge on any atom is 0.258 e. The average Bonchev–Trinajstić information content (AvgIpc) is 2.96. The zero-order valence-electron chi connectivity index (χ0n) is 11.2. The maximum atomic E-state index is 12.6. The van der Waals surface area contributed by atoms with Crippen molar-refractivity contribution in [3.63, 3.8) is 0 Å². The number of amides is 1. The molecule has 0 fully saturated rings. The van der Waals surface area contributed by atoms with Crippen LogP contribution in [0.25, 0.3) is 5.57 Å². The Morgan fingerprint density at radius 2 is 1.82 bits per heavy atom. The lowest BCUT2D eigenvalue weighted by atomic mass is 10.0. The number of allylic oxidation sites excluding steroid dienone is 1. The van der Waals surface area contributed by atoms with Crippen LogP contribution in [0, 0.1) is 0 Å². The van der Waals surface area contributed by atoms with E-state index in [4.69, 9.17) is 17.3 Å². The van der Waals surface area contributed by atoms with Gasteiger partial charge in [0.25, 0.3) is 5.91 Å². The van der Waals surface area contributed by atoms with Gasteiger partial charge in [-0.3, -0.25) is 9.59 Å². The highest BCUT2D eigenvalue weighted by atomic mass is 35.5. The van der Waals surface area contributed by atoms with Gasteiger partial charge in [-0.2, -0.15) is 0 Å². The minimum Gasteiger partial charge on any atom is -0.398 e. The first-order valence-electron chi connectivity index (χ1n) is 6.62. The Hall–Kier alpha value is -2.79. The molecule has 6 heteroatoms. The second-order valence-corrected chi connectivity index (χ2v) is 5.55. The molecule has 0 radical (unpaired) electrons. The zero-order valence-corrected chi connectivity index (χ0v) is 12.0. The standard InChI is InChI=1S/C16H10ClN3O2/c17-7-4-5-8-11(6-7)20-16(22)12(8)14-15(21)13-9(18)2-1-3-10(13)19-14/h1-6,19H,18H2,(H,20,22)/b14-12-. The highest BCUT2D eigenvalue weighted by Crippen LogP contribution is 2.40. The second-order valence-electron chi connectivity index (χ2n) is 5.12. The normalized spacial score (nSPS) is 18.8. The van der Waals surface area contributed by atoms with Gasteiger partial charge in [-0.25, -0.2) is 0 Å². The Kier molecular flexibility index (Phi) is 2.55. The summed E-state index contributed by atoms with van der Waals surface area (Å²) in [4.78, 5) is 24.9. The van der Waals surface area contributed by atoms with Crippen LogP contribution in [-0.4, -0.2) is 11.7 Å². The van der Waals surface area contributed by atoms with Crippen molar-refractivity contribution in [3.05, 3.63) is 58.2 Å². The number of nitrogens with one attached hydrogen (secondary N) is 2. The van der Waals surface area contributed by atoms with Crippen LogP contribution >= 0.6 is 11.6 Å². The first kappa shape index (κ1) is 12.9. The SMILES string of the molecule is Nc1cccc2c1C(=O)/C(=C1/C(=O)Nc3cc(Cl)ccc31)N2. The van der Waals surface area contributed by atoms with Gasteiger partial charge in [0.1, 0.15) is 5.70 Å². The van der Waals surface area contributed by atoms with E-state index in [1.54, 1.807) is 36.4 Å². The van der Waals surface area contributed by atoms with Gasteiger partial charge in [0.15, 0.2) is 0 Å². The summed E-state index contributed by atoms with van der Waals surface area (Å²) in [7, 11) is 0. The van der Waals surface area contributed by atoms with Gasteiger partial charge in [-0.05, 0) is 24.3 Å². The summed E-state index contributed by atoms with van der Waals surface area (Å²) < 4.78 is 0. The quantitative estimate of drug-likeness (QED) is 0.516. The Labute approximate surface area is 130 Å². The third-order valence-corrected chi connectivity index (χ3v) is 4.02. The van der Waals surface area contributed by atoms with E-state index in [-0.39, 0.29) is 17.4 Å². The summed E-state index contributed by atoms with van der Waals surface area (Å²) in [5.41, 5.74) is 9.08. The Morgan fingerprint density at radius 3 is 2.59 bits per heavy atom. The molecule has 4 rings (SSSR count). The number of nitrogen functional groups attached to an aromatic ring is 1. The summed E-state index contributed by atoms with van der Waals surface area (Å²) in [5.74, 6) is -0.611. The fourth-order valence-corrected chi connectivity index (χ4v) is 2.99. The molecule has 2 aliphatic rings.